The van der Waals surface area contributed by atoms with Gasteiger partial charge in [-0.3, -0.25) is 19.9 Å². The molecule has 0 aliphatic carbocycles. The second kappa shape index (κ2) is 4.86. The molecule has 2 N–H and O–H groups in total. The largest absolute Gasteiger partial charge is 0.278 e. The van der Waals surface area contributed by atoms with Crippen molar-refractivity contribution in [1.29, 1.82) is 0 Å². The maximum Gasteiger partial charge on any atom is 0.278 e. The van der Waals surface area contributed by atoms with Gasteiger partial charge in [0.05, 0.1) is 21.8 Å². The minimum absolute atomic E-state index is 0.0434. The topological polar surface area (TPSA) is 118 Å². The van der Waals surface area contributed by atoms with Gasteiger partial charge in [0.1, 0.15) is 0 Å². The Kier molecular flexibility index (Phi) is 3.40. The maximum absolute atomic E-state index is 11.9. The molecule has 2 rings (SSSR count). The molecule has 10 heteroatoms. The number of benzene rings is 1. The summed E-state index contributed by atoms with van der Waals surface area (Å²) in [6.07, 6.45) is 1.28. The zero-order chi connectivity index (χ0) is 14.0. The normalized spacial score (nSPS) is 11.2. The molecule has 1 aromatic heterocycles. The van der Waals surface area contributed by atoms with E-state index in [1.54, 1.807) is 0 Å². The van der Waals surface area contributed by atoms with Crippen LogP contribution >= 0.6 is 11.6 Å². The van der Waals surface area contributed by atoms with Crippen LogP contribution in [0.4, 0.5) is 11.4 Å². The fourth-order valence-electron chi connectivity index (χ4n) is 1.29. The summed E-state index contributed by atoms with van der Waals surface area (Å²) >= 11 is 5.78. The molecule has 0 bridgehead atoms. The number of nitro groups is 1. The van der Waals surface area contributed by atoms with E-state index in [9.17, 15) is 18.5 Å². The zero-order valence-electron chi connectivity index (χ0n) is 9.20. The number of hydrogen-bond acceptors (Lipinski definition) is 5. The number of H-pyrrole nitrogens is 1. The third kappa shape index (κ3) is 2.83. The highest BCUT2D eigenvalue weighted by Crippen LogP contribution is 2.28. The summed E-state index contributed by atoms with van der Waals surface area (Å²) in [5.41, 5.74) is -0.184. The number of hydrogen-bond donors (Lipinski definition) is 2. The van der Waals surface area contributed by atoms with E-state index in [1.165, 1.54) is 18.3 Å². The highest BCUT2D eigenvalue weighted by atomic mass is 35.5. The Balaban J connectivity index is 2.32. The minimum atomic E-state index is -3.85. The van der Waals surface area contributed by atoms with Gasteiger partial charge in [0.2, 0.25) is 0 Å². The van der Waals surface area contributed by atoms with E-state index in [2.05, 4.69) is 14.9 Å². The molecular formula is C9H7ClN4O4S. The van der Waals surface area contributed by atoms with Crippen LogP contribution in [0, 0.1) is 10.1 Å². The lowest BCUT2D eigenvalue weighted by atomic mass is 10.3. The Bertz CT molecular complexity index is 714. The van der Waals surface area contributed by atoms with Crippen molar-refractivity contribution in [3.63, 3.8) is 0 Å². The van der Waals surface area contributed by atoms with Crippen molar-refractivity contribution in [2.75, 3.05) is 4.72 Å². The van der Waals surface area contributed by atoms with Gasteiger partial charge in [-0.1, -0.05) is 11.6 Å². The van der Waals surface area contributed by atoms with Crippen molar-refractivity contribution in [1.82, 2.24) is 10.2 Å². The molecule has 2 aromatic rings. The van der Waals surface area contributed by atoms with Crippen LogP contribution in [-0.2, 0) is 10.0 Å². The molecule has 1 aromatic carbocycles. The summed E-state index contributed by atoms with van der Waals surface area (Å²) in [6, 6.07) is 4.69. The molecule has 0 amide bonds. The fourth-order valence-corrected chi connectivity index (χ4v) is 2.56. The van der Waals surface area contributed by atoms with Gasteiger partial charge in [0.25, 0.3) is 15.7 Å². The van der Waals surface area contributed by atoms with Crippen molar-refractivity contribution in [2.24, 2.45) is 0 Å². The third-order valence-electron chi connectivity index (χ3n) is 2.17. The average Bonchev–Trinajstić information content (AvgIpc) is 2.85. The lowest BCUT2D eigenvalue weighted by molar-refractivity contribution is -0.384. The first-order valence-corrected chi connectivity index (χ1v) is 6.72. The molecule has 0 atom stereocenters. The summed E-state index contributed by atoms with van der Waals surface area (Å²) in [6.45, 7) is 0. The third-order valence-corrected chi connectivity index (χ3v) is 3.78. The van der Waals surface area contributed by atoms with E-state index < -0.39 is 14.9 Å². The molecule has 100 valence electrons. The number of nitro benzene ring substituents is 1. The predicted octanol–water partition coefficient (Wildman–Crippen LogP) is 1.77. The average molecular weight is 303 g/mol. The van der Waals surface area contributed by atoms with Crippen LogP contribution in [0.5, 0.6) is 0 Å². The summed E-state index contributed by atoms with van der Waals surface area (Å²) in [5.74, 6) is 0. The van der Waals surface area contributed by atoms with Crippen LogP contribution < -0.4 is 4.72 Å². The molecule has 0 saturated heterocycles. The number of nitrogens with one attached hydrogen (secondary N) is 2. The van der Waals surface area contributed by atoms with Gasteiger partial charge >= 0.3 is 0 Å². The molecule has 19 heavy (non-hydrogen) atoms. The summed E-state index contributed by atoms with van der Waals surface area (Å²) in [5, 5.41) is 16.1. The van der Waals surface area contributed by atoms with Crippen molar-refractivity contribution < 1.29 is 13.3 Å². The first-order valence-electron chi connectivity index (χ1n) is 4.86. The molecule has 8 nitrogen and oxygen atoms in total. The van der Waals surface area contributed by atoms with Crippen molar-refractivity contribution in [3.8, 4) is 0 Å². The van der Waals surface area contributed by atoms with Gasteiger partial charge in [-0.15, -0.1) is 0 Å². The summed E-state index contributed by atoms with van der Waals surface area (Å²) in [4.78, 5) is 9.91. The highest BCUT2D eigenvalue weighted by Gasteiger charge is 2.18. The van der Waals surface area contributed by atoms with Gasteiger partial charge in [0.15, 0.2) is 5.03 Å². The molecule has 0 aliphatic rings. The van der Waals surface area contributed by atoms with E-state index in [4.69, 9.17) is 11.6 Å². The second-order valence-electron chi connectivity index (χ2n) is 3.45. The number of nitrogens with zero attached hydrogens (tertiary/aromatic N) is 2. The molecule has 0 aliphatic heterocycles. The number of halogens is 1. The second-order valence-corrected chi connectivity index (χ2v) is 5.51. The number of aromatic nitrogens is 2. The molecule has 0 unspecified atom stereocenters. The van der Waals surface area contributed by atoms with Crippen molar-refractivity contribution in [2.45, 2.75) is 5.03 Å². The monoisotopic (exact) mass is 302 g/mol. The number of rotatable bonds is 4. The SMILES string of the molecule is O=[N+]([O-])c1ccc(NS(=O)(=O)c2ccn[nH]2)c(Cl)c1. The quantitative estimate of drug-likeness (QED) is 0.659. The standard InChI is InChI=1S/C9H7ClN4O4S/c10-7-5-6(14(15)16)1-2-8(7)13-19(17,18)9-3-4-11-12-9/h1-5,13H,(H,11,12). The van der Waals surface area contributed by atoms with Gasteiger partial charge < -0.3 is 0 Å². The fraction of sp³-hybridized carbons (Fsp3) is 0. The van der Waals surface area contributed by atoms with Gasteiger partial charge in [-0.2, -0.15) is 13.5 Å². The van der Waals surface area contributed by atoms with Crippen LogP contribution in [0.1, 0.15) is 0 Å². The molecular weight excluding hydrogens is 296 g/mol. The lowest BCUT2D eigenvalue weighted by Crippen LogP contribution is -2.13. The summed E-state index contributed by atoms with van der Waals surface area (Å²) < 4.78 is 25.9. The molecule has 0 saturated carbocycles. The first kappa shape index (κ1) is 13.3. The first-order chi connectivity index (χ1) is 8.90. The Morgan fingerprint density at radius 1 is 1.37 bits per heavy atom. The molecule has 0 radical (unpaired) electrons. The van der Waals surface area contributed by atoms with Crippen LogP contribution in [0.3, 0.4) is 0 Å². The Hall–Kier alpha value is -2.13. The number of non-ortho nitro benzene ring substituents is 1. The Morgan fingerprint density at radius 3 is 2.63 bits per heavy atom. The number of aromatic amines is 1. The summed E-state index contributed by atoms with van der Waals surface area (Å²) in [7, 11) is -3.85. The van der Waals surface area contributed by atoms with Crippen molar-refractivity contribution in [3.05, 3.63) is 45.6 Å². The van der Waals surface area contributed by atoms with Gasteiger partial charge in [0, 0.05) is 12.1 Å². The molecule has 0 fully saturated rings. The van der Waals surface area contributed by atoms with Gasteiger partial charge in [-0.05, 0) is 12.1 Å². The smallest absolute Gasteiger partial charge is 0.277 e. The number of sulfonamides is 1. The predicted molar refractivity (Wildman–Crippen MR) is 67.5 cm³/mol. The van der Waals surface area contributed by atoms with Crippen LogP contribution in [0.25, 0.3) is 0 Å². The zero-order valence-corrected chi connectivity index (χ0v) is 10.8. The van der Waals surface area contributed by atoms with E-state index >= 15 is 0 Å². The van der Waals surface area contributed by atoms with E-state index in [1.807, 2.05) is 0 Å². The molecule has 1 heterocycles. The van der Waals surface area contributed by atoms with Crippen LogP contribution in [0.2, 0.25) is 5.02 Å². The van der Waals surface area contributed by atoms with E-state index in [-0.39, 0.29) is 21.4 Å². The Labute approximate surface area is 112 Å². The van der Waals surface area contributed by atoms with Crippen molar-refractivity contribution >= 4 is 33.0 Å². The highest BCUT2D eigenvalue weighted by molar-refractivity contribution is 7.92. The Morgan fingerprint density at radius 2 is 2.11 bits per heavy atom. The van der Waals surface area contributed by atoms with Crippen LogP contribution in [0.15, 0.2) is 35.5 Å². The molecule has 0 spiro atoms. The number of anilines is 1. The van der Waals surface area contributed by atoms with Crippen LogP contribution in [-0.4, -0.2) is 23.5 Å². The van der Waals surface area contributed by atoms with E-state index in [0.717, 1.165) is 12.1 Å². The van der Waals surface area contributed by atoms with Gasteiger partial charge in [-0.25, -0.2) is 0 Å². The lowest BCUT2D eigenvalue weighted by Gasteiger charge is -2.07. The minimum Gasteiger partial charge on any atom is -0.277 e. The van der Waals surface area contributed by atoms with E-state index in [0.29, 0.717) is 0 Å². The maximum atomic E-state index is 11.9.